The highest BCUT2D eigenvalue weighted by molar-refractivity contribution is 5.96. The lowest BCUT2D eigenvalue weighted by Crippen LogP contribution is -2.43. The number of carbonyl (C=O) groups is 2. The fraction of sp³-hybridized carbons (Fsp3) is 0.529. The Hall–Kier alpha value is -1.88. The van der Waals surface area contributed by atoms with Gasteiger partial charge in [-0.2, -0.15) is 0 Å². The van der Waals surface area contributed by atoms with E-state index in [0.717, 1.165) is 25.1 Å². The highest BCUT2D eigenvalue weighted by Crippen LogP contribution is 2.15. The number of hydrogen-bond acceptors (Lipinski definition) is 3. The number of nitrogens with zero attached hydrogens (tertiary/aromatic N) is 1. The number of hydrogen-bond donors (Lipinski definition) is 2. The van der Waals surface area contributed by atoms with Crippen LogP contribution in [-0.2, 0) is 4.79 Å². The van der Waals surface area contributed by atoms with Crippen molar-refractivity contribution in [1.82, 2.24) is 15.5 Å². The lowest BCUT2D eigenvalue weighted by Gasteiger charge is -2.22. The molecule has 1 heterocycles. The van der Waals surface area contributed by atoms with Crippen LogP contribution in [0.25, 0.3) is 0 Å². The topological polar surface area (TPSA) is 61.4 Å². The number of likely N-dealkylation sites (N-methyl/N-ethyl adjacent to an activating group) is 1. The molecule has 1 aliphatic rings. The van der Waals surface area contributed by atoms with Crippen LogP contribution in [-0.4, -0.2) is 48.9 Å². The third-order valence-electron chi connectivity index (χ3n) is 4.13. The number of amides is 2. The van der Waals surface area contributed by atoms with Gasteiger partial charge in [-0.25, -0.2) is 0 Å². The zero-order valence-corrected chi connectivity index (χ0v) is 13.4. The van der Waals surface area contributed by atoms with Crippen LogP contribution >= 0.6 is 0 Å². The first-order valence-electron chi connectivity index (χ1n) is 7.95. The van der Waals surface area contributed by atoms with Crippen LogP contribution in [0.1, 0.15) is 35.7 Å². The predicted octanol–water partition coefficient (Wildman–Crippen LogP) is 1.33. The van der Waals surface area contributed by atoms with Crippen LogP contribution in [0.5, 0.6) is 0 Å². The number of nitrogens with one attached hydrogen (secondary N) is 2. The molecule has 0 aliphatic carbocycles. The molecule has 0 bridgehead atoms. The molecule has 2 rings (SSSR count). The predicted molar refractivity (Wildman–Crippen MR) is 86.8 cm³/mol. The molecule has 1 saturated heterocycles. The van der Waals surface area contributed by atoms with Crippen molar-refractivity contribution in [3.63, 3.8) is 0 Å². The van der Waals surface area contributed by atoms with Gasteiger partial charge in [0.25, 0.3) is 5.91 Å². The summed E-state index contributed by atoms with van der Waals surface area (Å²) < 4.78 is 0. The number of carbonyl (C=O) groups excluding carboxylic acids is 2. The SMILES string of the molecule is CCN1CCCC1CNC(=O)CNC(=O)c1cccc(C)c1. The molecule has 0 aromatic heterocycles. The van der Waals surface area contributed by atoms with Crippen molar-refractivity contribution < 1.29 is 9.59 Å². The molecule has 0 spiro atoms. The van der Waals surface area contributed by atoms with Crippen molar-refractivity contribution in [1.29, 1.82) is 0 Å². The maximum Gasteiger partial charge on any atom is 0.251 e. The maximum absolute atomic E-state index is 12.0. The van der Waals surface area contributed by atoms with Crippen LogP contribution in [0, 0.1) is 6.92 Å². The molecular formula is C17H25N3O2. The van der Waals surface area contributed by atoms with Gasteiger partial charge in [0.15, 0.2) is 0 Å². The summed E-state index contributed by atoms with van der Waals surface area (Å²) in [5.41, 5.74) is 1.61. The first-order valence-corrected chi connectivity index (χ1v) is 7.95. The quantitative estimate of drug-likeness (QED) is 0.833. The molecule has 0 saturated carbocycles. The van der Waals surface area contributed by atoms with E-state index in [9.17, 15) is 9.59 Å². The monoisotopic (exact) mass is 303 g/mol. The molecule has 120 valence electrons. The van der Waals surface area contributed by atoms with E-state index in [-0.39, 0.29) is 18.4 Å². The smallest absolute Gasteiger partial charge is 0.251 e. The van der Waals surface area contributed by atoms with Gasteiger partial charge in [0.1, 0.15) is 0 Å². The second-order valence-electron chi connectivity index (χ2n) is 5.78. The molecular weight excluding hydrogens is 278 g/mol. The third-order valence-corrected chi connectivity index (χ3v) is 4.13. The van der Waals surface area contributed by atoms with Gasteiger partial charge in [0.05, 0.1) is 6.54 Å². The highest BCUT2D eigenvalue weighted by Gasteiger charge is 2.23. The van der Waals surface area contributed by atoms with Crippen LogP contribution in [0.15, 0.2) is 24.3 Å². The second-order valence-corrected chi connectivity index (χ2v) is 5.78. The molecule has 1 fully saturated rings. The number of benzene rings is 1. The Kier molecular flexibility index (Phi) is 5.95. The third kappa shape index (κ3) is 4.56. The minimum absolute atomic E-state index is 0.0195. The Balaban J connectivity index is 1.72. The minimum atomic E-state index is -0.213. The van der Waals surface area contributed by atoms with E-state index in [1.54, 1.807) is 6.07 Å². The Labute approximate surface area is 132 Å². The average molecular weight is 303 g/mol. The van der Waals surface area contributed by atoms with E-state index >= 15 is 0 Å². The van der Waals surface area contributed by atoms with Crippen molar-refractivity contribution >= 4 is 11.8 Å². The summed E-state index contributed by atoms with van der Waals surface area (Å²) in [4.78, 5) is 26.2. The van der Waals surface area contributed by atoms with Crippen LogP contribution < -0.4 is 10.6 Å². The average Bonchev–Trinajstić information content (AvgIpc) is 2.98. The van der Waals surface area contributed by atoms with Gasteiger partial charge in [-0.15, -0.1) is 0 Å². The molecule has 2 N–H and O–H groups in total. The van der Waals surface area contributed by atoms with Gasteiger partial charge in [-0.1, -0.05) is 24.6 Å². The zero-order chi connectivity index (χ0) is 15.9. The van der Waals surface area contributed by atoms with E-state index in [4.69, 9.17) is 0 Å². The maximum atomic E-state index is 12.0. The standard InChI is InChI=1S/C17H25N3O2/c1-3-20-9-5-8-15(20)11-18-16(21)12-19-17(22)14-7-4-6-13(2)10-14/h4,6-7,10,15H,3,5,8-9,11-12H2,1-2H3,(H,18,21)(H,19,22). The molecule has 22 heavy (non-hydrogen) atoms. The summed E-state index contributed by atoms with van der Waals surface area (Å²) in [6, 6.07) is 7.76. The number of aryl methyl sites for hydroxylation is 1. The van der Waals surface area contributed by atoms with Crippen LogP contribution in [0.2, 0.25) is 0 Å². The lowest BCUT2D eigenvalue weighted by atomic mass is 10.1. The fourth-order valence-electron chi connectivity index (χ4n) is 2.89. The lowest BCUT2D eigenvalue weighted by molar-refractivity contribution is -0.120. The van der Waals surface area contributed by atoms with E-state index in [1.165, 1.54) is 6.42 Å². The first kappa shape index (κ1) is 16.5. The van der Waals surface area contributed by atoms with E-state index in [0.29, 0.717) is 18.2 Å². The Morgan fingerprint density at radius 2 is 2.14 bits per heavy atom. The number of rotatable bonds is 6. The summed E-state index contributed by atoms with van der Waals surface area (Å²) in [7, 11) is 0. The van der Waals surface area contributed by atoms with Crippen LogP contribution in [0.4, 0.5) is 0 Å². The highest BCUT2D eigenvalue weighted by atomic mass is 16.2. The molecule has 2 amide bonds. The van der Waals surface area contributed by atoms with E-state index < -0.39 is 0 Å². The Bertz CT molecular complexity index is 530. The van der Waals surface area contributed by atoms with Gasteiger partial charge in [-0.05, 0) is 45.0 Å². The van der Waals surface area contributed by atoms with Gasteiger partial charge >= 0.3 is 0 Å². The van der Waals surface area contributed by atoms with Crippen molar-refractivity contribution in [3.8, 4) is 0 Å². The van der Waals surface area contributed by atoms with Crippen molar-refractivity contribution in [2.45, 2.75) is 32.7 Å². The molecule has 1 unspecified atom stereocenters. The van der Waals surface area contributed by atoms with E-state index in [2.05, 4.69) is 22.5 Å². The van der Waals surface area contributed by atoms with Gasteiger partial charge < -0.3 is 10.6 Å². The first-order chi connectivity index (χ1) is 10.6. The molecule has 1 aromatic carbocycles. The van der Waals surface area contributed by atoms with Gasteiger partial charge in [-0.3, -0.25) is 14.5 Å². The van der Waals surface area contributed by atoms with E-state index in [1.807, 2.05) is 25.1 Å². The molecule has 1 aromatic rings. The van der Waals surface area contributed by atoms with Crippen molar-refractivity contribution in [2.24, 2.45) is 0 Å². The second kappa shape index (κ2) is 7.94. The van der Waals surface area contributed by atoms with Gasteiger partial charge in [0.2, 0.25) is 5.91 Å². The summed E-state index contributed by atoms with van der Waals surface area (Å²) in [6.45, 7) is 6.89. The van der Waals surface area contributed by atoms with Crippen LogP contribution in [0.3, 0.4) is 0 Å². The molecule has 1 atom stereocenters. The molecule has 5 nitrogen and oxygen atoms in total. The normalized spacial score (nSPS) is 18.2. The Morgan fingerprint density at radius 1 is 1.32 bits per heavy atom. The molecule has 1 aliphatic heterocycles. The fourth-order valence-corrected chi connectivity index (χ4v) is 2.89. The summed E-state index contributed by atoms with van der Waals surface area (Å²) in [5.74, 6) is -0.348. The summed E-state index contributed by atoms with van der Waals surface area (Å²) in [5, 5.41) is 5.57. The summed E-state index contributed by atoms with van der Waals surface area (Å²) in [6.07, 6.45) is 2.32. The van der Waals surface area contributed by atoms with Crippen molar-refractivity contribution in [2.75, 3.05) is 26.2 Å². The molecule has 5 heteroatoms. The largest absolute Gasteiger partial charge is 0.353 e. The Morgan fingerprint density at radius 3 is 2.86 bits per heavy atom. The number of likely N-dealkylation sites (tertiary alicyclic amines) is 1. The zero-order valence-electron chi connectivity index (χ0n) is 13.4. The van der Waals surface area contributed by atoms with Gasteiger partial charge in [0, 0.05) is 18.2 Å². The van der Waals surface area contributed by atoms with Crippen molar-refractivity contribution in [3.05, 3.63) is 35.4 Å². The molecule has 0 radical (unpaired) electrons. The summed E-state index contributed by atoms with van der Waals surface area (Å²) >= 11 is 0. The minimum Gasteiger partial charge on any atom is -0.353 e.